The standard InChI is InChI=1S/C21H25NO2/c1-2-6-20-19(5-1)18(17-4-3-11-22-14-17)7-8-21(20)24-13-10-16-9-12-23-15-16/h1-2,4-8,16,22H,3,9-15H2. The van der Waals surface area contributed by atoms with Gasteiger partial charge in [-0.25, -0.2) is 0 Å². The van der Waals surface area contributed by atoms with Crippen LogP contribution in [0.1, 0.15) is 24.8 Å². The lowest BCUT2D eigenvalue weighted by atomic mass is 9.95. The zero-order chi connectivity index (χ0) is 16.2. The molecule has 2 aromatic rings. The minimum atomic E-state index is 0.661. The number of benzene rings is 2. The Hall–Kier alpha value is -1.84. The van der Waals surface area contributed by atoms with Crippen LogP contribution in [0.25, 0.3) is 16.3 Å². The van der Waals surface area contributed by atoms with E-state index in [1.165, 1.54) is 28.3 Å². The molecular formula is C21H25NO2. The topological polar surface area (TPSA) is 30.5 Å². The molecule has 24 heavy (non-hydrogen) atoms. The van der Waals surface area contributed by atoms with E-state index in [2.05, 4.69) is 47.8 Å². The first-order valence-corrected chi connectivity index (χ1v) is 9.04. The zero-order valence-electron chi connectivity index (χ0n) is 14.1. The predicted octanol–water partition coefficient (Wildman–Crippen LogP) is 4.02. The van der Waals surface area contributed by atoms with E-state index < -0.39 is 0 Å². The fraction of sp³-hybridized carbons (Fsp3) is 0.429. The molecule has 2 aliphatic rings. The van der Waals surface area contributed by atoms with Gasteiger partial charge in [-0.2, -0.15) is 0 Å². The Bertz CT molecular complexity index is 732. The van der Waals surface area contributed by atoms with Crippen LogP contribution in [-0.2, 0) is 4.74 Å². The van der Waals surface area contributed by atoms with Crippen molar-refractivity contribution in [1.82, 2.24) is 5.32 Å². The molecule has 0 radical (unpaired) electrons. The third-order valence-corrected chi connectivity index (χ3v) is 5.06. The largest absolute Gasteiger partial charge is 0.493 e. The van der Waals surface area contributed by atoms with Crippen LogP contribution < -0.4 is 10.1 Å². The summed E-state index contributed by atoms with van der Waals surface area (Å²) in [6.07, 6.45) is 5.71. The van der Waals surface area contributed by atoms with E-state index in [0.29, 0.717) is 5.92 Å². The van der Waals surface area contributed by atoms with Gasteiger partial charge in [-0.3, -0.25) is 0 Å². The molecule has 0 aliphatic carbocycles. The molecular weight excluding hydrogens is 298 g/mol. The van der Waals surface area contributed by atoms with Gasteiger partial charge in [0, 0.05) is 25.1 Å². The first-order valence-electron chi connectivity index (χ1n) is 9.04. The van der Waals surface area contributed by atoms with Crippen molar-refractivity contribution in [1.29, 1.82) is 0 Å². The van der Waals surface area contributed by atoms with Crippen LogP contribution in [-0.4, -0.2) is 32.9 Å². The van der Waals surface area contributed by atoms with Crippen LogP contribution >= 0.6 is 0 Å². The zero-order valence-corrected chi connectivity index (χ0v) is 14.1. The van der Waals surface area contributed by atoms with Crippen molar-refractivity contribution < 1.29 is 9.47 Å². The second-order valence-corrected chi connectivity index (χ2v) is 6.72. The minimum absolute atomic E-state index is 0.661. The molecule has 3 heteroatoms. The highest BCUT2D eigenvalue weighted by Crippen LogP contribution is 2.33. The molecule has 1 unspecified atom stereocenters. The third-order valence-electron chi connectivity index (χ3n) is 5.06. The normalized spacial score (nSPS) is 21.0. The molecule has 0 bridgehead atoms. The number of ether oxygens (including phenoxy) is 2. The highest BCUT2D eigenvalue weighted by atomic mass is 16.5. The van der Waals surface area contributed by atoms with E-state index in [9.17, 15) is 0 Å². The van der Waals surface area contributed by atoms with Crippen molar-refractivity contribution in [3.8, 4) is 5.75 Å². The fourth-order valence-electron chi connectivity index (χ4n) is 3.67. The van der Waals surface area contributed by atoms with E-state index in [4.69, 9.17) is 9.47 Å². The highest BCUT2D eigenvalue weighted by molar-refractivity contribution is 5.97. The Labute approximate surface area is 143 Å². The SMILES string of the molecule is C1=C(c2ccc(OCCC3CCOC3)c3ccccc23)CNCC1. The van der Waals surface area contributed by atoms with Gasteiger partial charge in [0.05, 0.1) is 6.61 Å². The van der Waals surface area contributed by atoms with Gasteiger partial charge in [-0.15, -0.1) is 0 Å². The molecule has 1 saturated heterocycles. The van der Waals surface area contributed by atoms with Crippen molar-refractivity contribution in [2.45, 2.75) is 19.3 Å². The van der Waals surface area contributed by atoms with E-state index in [0.717, 1.165) is 51.5 Å². The summed E-state index contributed by atoms with van der Waals surface area (Å²) >= 11 is 0. The molecule has 0 saturated carbocycles. The Morgan fingerprint density at radius 1 is 1.12 bits per heavy atom. The van der Waals surface area contributed by atoms with Crippen LogP contribution in [0.5, 0.6) is 5.75 Å². The summed E-state index contributed by atoms with van der Waals surface area (Å²) in [6, 6.07) is 12.9. The summed E-state index contributed by atoms with van der Waals surface area (Å²) in [7, 11) is 0. The quantitative estimate of drug-likeness (QED) is 0.901. The predicted molar refractivity (Wildman–Crippen MR) is 98.4 cm³/mol. The van der Waals surface area contributed by atoms with Gasteiger partial charge in [-0.05, 0) is 54.3 Å². The van der Waals surface area contributed by atoms with Crippen molar-refractivity contribution >= 4 is 16.3 Å². The lowest BCUT2D eigenvalue weighted by molar-refractivity contribution is 0.178. The molecule has 126 valence electrons. The third kappa shape index (κ3) is 3.33. The van der Waals surface area contributed by atoms with Gasteiger partial charge in [-0.1, -0.05) is 36.4 Å². The molecule has 0 spiro atoms. The Balaban J connectivity index is 1.57. The number of rotatable bonds is 5. The maximum absolute atomic E-state index is 6.13. The molecule has 1 fully saturated rings. The summed E-state index contributed by atoms with van der Waals surface area (Å²) in [6.45, 7) is 4.59. The van der Waals surface area contributed by atoms with E-state index in [-0.39, 0.29) is 0 Å². The van der Waals surface area contributed by atoms with Crippen molar-refractivity contribution in [3.63, 3.8) is 0 Å². The number of hydrogen-bond acceptors (Lipinski definition) is 3. The summed E-state index contributed by atoms with van der Waals surface area (Å²) in [4.78, 5) is 0. The molecule has 1 N–H and O–H groups in total. The van der Waals surface area contributed by atoms with Crippen molar-refractivity contribution in [2.24, 2.45) is 5.92 Å². The fourth-order valence-corrected chi connectivity index (χ4v) is 3.67. The van der Waals surface area contributed by atoms with Crippen LogP contribution in [0.2, 0.25) is 0 Å². The lowest BCUT2D eigenvalue weighted by Gasteiger charge is -2.18. The van der Waals surface area contributed by atoms with Crippen LogP contribution in [0.15, 0.2) is 42.5 Å². The second-order valence-electron chi connectivity index (χ2n) is 6.72. The van der Waals surface area contributed by atoms with Crippen LogP contribution in [0, 0.1) is 5.92 Å². The molecule has 1 atom stereocenters. The smallest absolute Gasteiger partial charge is 0.127 e. The summed E-state index contributed by atoms with van der Waals surface area (Å²) in [5, 5.41) is 5.97. The first-order chi connectivity index (χ1) is 11.9. The van der Waals surface area contributed by atoms with Gasteiger partial charge in [0.2, 0.25) is 0 Å². The molecule has 3 nitrogen and oxygen atoms in total. The summed E-state index contributed by atoms with van der Waals surface area (Å²) in [5.74, 6) is 1.66. The summed E-state index contributed by atoms with van der Waals surface area (Å²) in [5.41, 5.74) is 2.72. The average molecular weight is 323 g/mol. The van der Waals surface area contributed by atoms with Gasteiger partial charge in [0.15, 0.2) is 0 Å². The van der Waals surface area contributed by atoms with Crippen LogP contribution in [0.3, 0.4) is 0 Å². The van der Waals surface area contributed by atoms with Gasteiger partial charge in [0.1, 0.15) is 5.75 Å². The van der Waals surface area contributed by atoms with E-state index in [1.807, 2.05) is 0 Å². The van der Waals surface area contributed by atoms with Gasteiger partial charge in [0.25, 0.3) is 0 Å². The molecule has 0 aromatic heterocycles. The molecule has 2 aliphatic heterocycles. The lowest BCUT2D eigenvalue weighted by Crippen LogP contribution is -2.21. The second kappa shape index (κ2) is 7.37. The van der Waals surface area contributed by atoms with Crippen molar-refractivity contribution in [2.75, 3.05) is 32.9 Å². The number of hydrogen-bond donors (Lipinski definition) is 1. The molecule has 4 rings (SSSR count). The number of fused-ring (bicyclic) bond motifs is 1. The molecule has 2 aromatic carbocycles. The summed E-state index contributed by atoms with van der Waals surface area (Å²) < 4.78 is 11.6. The maximum atomic E-state index is 6.13. The maximum Gasteiger partial charge on any atom is 0.127 e. The van der Waals surface area contributed by atoms with Crippen LogP contribution in [0.4, 0.5) is 0 Å². The van der Waals surface area contributed by atoms with Gasteiger partial charge >= 0.3 is 0 Å². The Morgan fingerprint density at radius 3 is 2.83 bits per heavy atom. The monoisotopic (exact) mass is 323 g/mol. The number of nitrogens with one attached hydrogen (secondary N) is 1. The van der Waals surface area contributed by atoms with Gasteiger partial charge < -0.3 is 14.8 Å². The molecule has 0 amide bonds. The van der Waals surface area contributed by atoms with E-state index >= 15 is 0 Å². The van der Waals surface area contributed by atoms with E-state index in [1.54, 1.807) is 0 Å². The first kappa shape index (κ1) is 15.7. The Morgan fingerprint density at radius 2 is 2.04 bits per heavy atom. The average Bonchev–Trinajstić information content (AvgIpc) is 3.16. The van der Waals surface area contributed by atoms with Crippen molar-refractivity contribution in [3.05, 3.63) is 48.0 Å². The Kier molecular flexibility index (Phi) is 4.81. The minimum Gasteiger partial charge on any atom is -0.493 e. The highest BCUT2D eigenvalue weighted by Gasteiger charge is 2.16. The molecule has 2 heterocycles.